The molecule has 2 aromatic rings. The molecule has 2 fully saturated rings. The van der Waals surface area contributed by atoms with Gasteiger partial charge in [0.15, 0.2) is 0 Å². The van der Waals surface area contributed by atoms with Gasteiger partial charge in [-0.15, -0.1) is 0 Å². The van der Waals surface area contributed by atoms with Gasteiger partial charge < -0.3 is 10.6 Å². The number of anilines is 1. The summed E-state index contributed by atoms with van der Waals surface area (Å²) in [6.45, 7) is 2.10. The molecule has 0 unspecified atom stereocenters. The second-order valence-corrected chi connectivity index (χ2v) is 9.27. The third-order valence-corrected chi connectivity index (χ3v) is 7.74. The van der Waals surface area contributed by atoms with E-state index in [2.05, 4.69) is 22.2 Å². The summed E-state index contributed by atoms with van der Waals surface area (Å²) in [5, 5.41) is 13.0. The van der Waals surface area contributed by atoms with Crippen molar-refractivity contribution in [1.82, 2.24) is 15.1 Å². The molecular weight excluding hydrogens is 372 g/mol. The summed E-state index contributed by atoms with van der Waals surface area (Å²) in [5.74, 6) is 0.806. The summed E-state index contributed by atoms with van der Waals surface area (Å²) < 4.78 is 2.19. The van der Waals surface area contributed by atoms with E-state index in [4.69, 9.17) is 5.10 Å². The highest BCUT2D eigenvalue weighted by Gasteiger charge is 2.31. The van der Waals surface area contributed by atoms with Gasteiger partial charge in [-0.2, -0.15) is 5.10 Å². The molecule has 152 valence electrons. The Morgan fingerprint density at radius 3 is 2.50 bits per heavy atom. The van der Waals surface area contributed by atoms with Crippen molar-refractivity contribution in [2.75, 3.05) is 12.4 Å². The Morgan fingerprint density at radius 1 is 1.14 bits per heavy atom. The molecular formula is C21H30N4O2S. The van der Waals surface area contributed by atoms with Crippen LogP contribution in [0.25, 0.3) is 10.2 Å². The average molecular weight is 403 g/mol. The van der Waals surface area contributed by atoms with Gasteiger partial charge in [0.1, 0.15) is 9.83 Å². The summed E-state index contributed by atoms with van der Waals surface area (Å²) in [4.78, 5) is 24.4. The second-order valence-electron chi connectivity index (χ2n) is 8.27. The molecule has 0 aromatic carbocycles. The average Bonchev–Trinajstić information content (AvgIpc) is 3.25. The van der Waals surface area contributed by atoms with Crippen molar-refractivity contribution in [1.29, 1.82) is 0 Å². The summed E-state index contributed by atoms with van der Waals surface area (Å²) >= 11 is 1.67. The molecule has 0 bridgehead atoms. The van der Waals surface area contributed by atoms with Gasteiger partial charge in [-0.1, -0.05) is 30.6 Å². The van der Waals surface area contributed by atoms with Crippen LogP contribution in [0.4, 0.5) is 5.00 Å². The van der Waals surface area contributed by atoms with Crippen LogP contribution in [0.2, 0.25) is 0 Å². The van der Waals surface area contributed by atoms with Crippen LogP contribution in [-0.2, 0) is 9.59 Å². The van der Waals surface area contributed by atoms with E-state index in [9.17, 15) is 9.59 Å². The lowest BCUT2D eigenvalue weighted by molar-refractivity contribution is -0.125. The maximum absolute atomic E-state index is 11.9. The van der Waals surface area contributed by atoms with Gasteiger partial charge in [-0.25, -0.2) is 0 Å². The van der Waals surface area contributed by atoms with Crippen LogP contribution in [-0.4, -0.2) is 29.1 Å². The molecule has 0 saturated heterocycles. The van der Waals surface area contributed by atoms with Gasteiger partial charge in [0.2, 0.25) is 12.3 Å². The lowest BCUT2D eigenvalue weighted by Crippen LogP contribution is -2.31. The number of amides is 2. The summed E-state index contributed by atoms with van der Waals surface area (Å²) in [7, 11) is 1.72. The fourth-order valence-corrected chi connectivity index (χ4v) is 6.50. The minimum absolute atomic E-state index is 0.127. The number of thiophene rings is 1. The topological polar surface area (TPSA) is 76.0 Å². The van der Waals surface area contributed by atoms with E-state index < -0.39 is 0 Å². The molecule has 7 heteroatoms. The number of hydrogen-bond acceptors (Lipinski definition) is 4. The monoisotopic (exact) mass is 402 g/mol. The first-order valence-corrected chi connectivity index (χ1v) is 11.4. The Hall–Kier alpha value is -1.89. The third-order valence-electron chi connectivity index (χ3n) is 6.62. The highest BCUT2D eigenvalue weighted by molar-refractivity contribution is 7.22. The predicted molar refractivity (Wildman–Crippen MR) is 113 cm³/mol. The first-order chi connectivity index (χ1) is 13.6. The van der Waals surface area contributed by atoms with E-state index >= 15 is 0 Å². The molecule has 2 aliphatic carbocycles. The quantitative estimate of drug-likeness (QED) is 0.723. The molecule has 4 rings (SSSR count). The van der Waals surface area contributed by atoms with Crippen LogP contribution in [0.5, 0.6) is 0 Å². The lowest BCUT2D eigenvalue weighted by Gasteiger charge is -2.27. The fraction of sp³-hybridized carbons (Fsp3) is 0.667. The first-order valence-electron chi connectivity index (χ1n) is 10.6. The highest BCUT2D eigenvalue weighted by atomic mass is 32.1. The maximum atomic E-state index is 11.9. The van der Waals surface area contributed by atoms with Crippen molar-refractivity contribution in [2.45, 2.75) is 76.7 Å². The van der Waals surface area contributed by atoms with Gasteiger partial charge in [-0.05, 0) is 51.4 Å². The largest absolute Gasteiger partial charge is 0.359 e. The van der Waals surface area contributed by atoms with E-state index in [0.717, 1.165) is 42.8 Å². The predicted octanol–water partition coefficient (Wildman–Crippen LogP) is 4.50. The number of carbonyl (C=O) groups is 2. The normalized spacial score (nSPS) is 23.6. The molecule has 28 heavy (non-hydrogen) atoms. The number of carbonyl (C=O) groups excluding carboxylic acids is 2. The zero-order chi connectivity index (χ0) is 19.7. The van der Waals surface area contributed by atoms with Crippen LogP contribution in [0.15, 0.2) is 0 Å². The van der Waals surface area contributed by atoms with Crippen LogP contribution < -0.4 is 10.6 Å². The van der Waals surface area contributed by atoms with Crippen molar-refractivity contribution >= 4 is 38.9 Å². The van der Waals surface area contributed by atoms with Crippen molar-refractivity contribution < 1.29 is 9.59 Å². The minimum Gasteiger partial charge on any atom is -0.359 e. The molecule has 0 spiro atoms. The van der Waals surface area contributed by atoms with E-state index in [1.165, 1.54) is 47.9 Å². The number of aryl methyl sites for hydroxylation is 1. The molecule has 0 aliphatic heterocycles. The smallest absolute Gasteiger partial charge is 0.222 e. The molecule has 0 radical (unpaired) electrons. The summed E-state index contributed by atoms with van der Waals surface area (Å²) in [5.41, 5.74) is 2.38. The number of aromatic nitrogens is 2. The second kappa shape index (κ2) is 8.23. The molecule has 2 amide bonds. The van der Waals surface area contributed by atoms with Gasteiger partial charge in [0.25, 0.3) is 0 Å². The molecule has 2 aromatic heterocycles. The van der Waals surface area contributed by atoms with Crippen molar-refractivity contribution in [3.8, 4) is 0 Å². The van der Waals surface area contributed by atoms with Gasteiger partial charge in [0.05, 0.1) is 11.7 Å². The standard InChI is InChI=1S/C21H30N4O2S/c1-13-17-18(14-6-4-3-5-7-14)20(23-12-26)28-21(17)25(24-13)16-10-8-15(9-11-16)19(27)22-2/h12,14-16H,3-11H2,1-2H3,(H,22,27)(H,23,26). The van der Waals surface area contributed by atoms with Crippen LogP contribution in [0.3, 0.4) is 0 Å². The molecule has 2 N–H and O–H groups in total. The van der Waals surface area contributed by atoms with Crippen LogP contribution in [0.1, 0.15) is 81.0 Å². The molecule has 2 heterocycles. The zero-order valence-electron chi connectivity index (χ0n) is 16.8. The number of nitrogens with one attached hydrogen (secondary N) is 2. The van der Waals surface area contributed by atoms with E-state index in [-0.39, 0.29) is 11.8 Å². The Balaban J connectivity index is 1.67. The van der Waals surface area contributed by atoms with E-state index in [0.29, 0.717) is 12.0 Å². The van der Waals surface area contributed by atoms with Crippen molar-refractivity contribution in [3.63, 3.8) is 0 Å². The number of rotatable bonds is 5. The van der Waals surface area contributed by atoms with Crippen LogP contribution >= 0.6 is 11.3 Å². The SMILES string of the molecule is CNC(=O)C1CCC(n2nc(C)c3c(C4CCCCC4)c(NC=O)sc32)CC1. The fourth-order valence-electron chi connectivity index (χ4n) is 5.18. The van der Waals surface area contributed by atoms with Crippen LogP contribution in [0, 0.1) is 12.8 Å². The lowest BCUT2D eigenvalue weighted by atomic mass is 9.83. The Bertz CT molecular complexity index is 857. The highest BCUT2D eigenvalue weighted by Crippen LogP contribution is 2.47. The van der Waals surface area contributed by atoms with Gasteiger partial charge >= 0.3 is 0 Å². The first kappa shape index (κ1) is 19.4. The van der Waals surface area contributed by atoms with Gasteiger partial charge in [0, 0.05) is 23.9 Å². The maximum Gasteiger partial charge on any atom is 0.222 e. The van der Waals surface area contributed by atoms with Crippen molar-refractivity contribution in [3.05, 3.63) is 11.3 Å². The molecule has 2 aliphatic rings. The van der Waals surface area contributed by atoms with Gasteiger partial charge in [-0.3, -0.25) is 14.3 Å². The molecule has 2 saturated carbocycles. The Morgan fingerprint density at radius 2 is 1.86 bits per heavy atom. The van der Waals surface area contributed by atoms with E-state index in [1.54, 1.807) is 18.4 Å². The summed E-state index contributed by atoms with van der Waals surface area (Å²) in [6, 6.07) is 0.332. The zero-order valence-corrected chi connectivity index (χ0v) is 17.6. The number of hydrogen-bond donors (Lipinski definition) is 2. The third kappa shape index (κ3) is 3.45. The van der Waals surface area contributed by atoms with E-state index in [1.807, 2.05) is 0 Å². The minimum atomic E-state index is 0.127. The summed E-state index contributed by atoms with van der Waals surface area (Å²) in [6.07, 6.45) is 10.8. The number of nitrogens with zero attached hydrogens (tertiary/aromatic N) is 2. The Labute approximate surface area is 170 Å². The number of fused-ring (bicyclic) bond motifs is 1. The van der Waals surface area contributed by atoms with Crippen molar-refractivity contribution in [2.24, 2.45) is 5.92 Å². The Kier molecular flexibility index (Phi) is 5.71. The molecule has 6 nitrogen and oxygen atoms in total. The molecule has 0 atom stereocenters.